The van der Waals surface area contributed by atoms with Gasteiger partial charge in [0.15, 0.2) is 0 Å². The molecular formula is C13H15FN4O2S. The molecule has 112 valence electrons. The average Bonchev–Trinajstić information content (AvgIpc) is 2.47. The monoisotopic (exact) mass is 310 g/mol. The summed E-state index contributed by atoms with van der Waals surface area (Å²) >= 11 is 0. The smallest absolute Gasteiger partial charge is 0.241 e. The van der Waals surface area contributed by atoms with E-state index in [1.54, 1.807) is 13.0 Å². The Morgan fingerprint density at radius 3 is 2.71 bits per heavy atom. The molecule has 0 amide bonds. The van der Waals surface area contributed by atoms with E-state index in [0.717, 1.165) is 0 Å². The second-order valence-corrected chi connectivity index (χ2v) is 6.13. The van der Waals surface area contributed by atoms with E-state index in [9.17, 15) is 12.8 Å². The molecule has 0 aliphatic rings. The van der Waals surface area contributed by atoms with Gasteiger partial charge in [0.25, 0.3) is 0 Å². The van der Waals surface area contributed by atoms with Crippen LogP contribution < -0.4 is 16.0 Å². The fraction of sp³-hybridized carbons (Fsp3) is 0.154. The van der Waals surface area contributed by atoms with Crippen molar-refractivity contribution in [3.63, 3.8) is 0 Å². The lowest BCUT2D eigenvalue weighted by molar-refractivity contribution is 0.564. The predicted octanol–water partition coefficient (Wildman–Crippen LogP) is 1.55. The Bertz CT molecular complexity index is 736. The summed E-state index contributed by atoms with van der Waals surface area (Å²) < 4.78 is 40.2. The first-order valence-electron chi connectivity index (χ1n) is 6.13. The van der Waals surface area contributed by atoms with Crippen LogP contribution in [0.5, 0.6) is 0 Å². The summed E-state index contributed by atoms with van der Waals surface area (Å²) in [4.78, 5) is 3.86. The van der Waals surface area contributed by atoms with Crippen LogP contribution in [0, 0.1) is 5.82 Å². The number of halogens is 1. The second kappa shape index (κ2) is 6.17. The minimum Gasteiger partial charge on any atom is -0.308 e. The van der Waals surface area contributed by atoms with Gasteiger partial charge in [-0.1, -0.05) is 12.1 Å². The molecule has 0 spiro atoms. The van der Waals surface area contributed by atoms with Gasteiger partial charge in [0.2, 0.25) is 10.0 Å². The number of pyridine rings is 1. The van der Waals surface area contributed by atoms with Crippen molar-refractivity contribution in [1.82, 2.24) is 9.71 Å². The summed E-state index contributed by atoms with van der Waals surface area (Å²) in [5, 5.41) is 0. The van der Waals surface area contributed by atoms with Gasteiger partial charge in [-0.05, 0) is 30.7 Å². The van der Waals surface area contributed by atoms with Gasteiger partial charge >= 0.3 is 0 Å². The molecule has 0 aliphatic heterocycles. The fourth-order valence-corrected chi connectivity index (χ4v) is 3.05. The van der Waals surface area contributed by atoms with Gasteiger partial charge in [-0.25, -0.2) is 28.4 Å². The lowest BCUT2D eigenvalue weighted by Gasteiger charge is -2.15. The number of nitrogens with zero attached hydrogens (tertiary/aromatic N) is 1. The zero-order valence-corrected chi connectivity index (χ0v) is 12.1. The maximum Gasteiger partial charge on any atom is 0.241 e. The number of rotatable bonds is 5. The first-order chi connectivity index (χ1) is 9.92. The Kier molecular flexibility index (Phi) is 4.51. The Morgan fingerprint density at radius 2 is 2.05 bits per heavy atom. The molecule has 0 saturated heterocycles. The van der Waals surface area contributed by atoms with Gasteiger partial charge in [-0.15, -0.1) is 0 Å². The minimum atomic E-state index is -3.76. The summed E-state index contributed by atoms with van der Waals surface area (Å²) in [6.45, 7) is 1.63. The number of hydrogen-bond donors (Lipinski definition) is 3. The summed E-state index contributed by atoms with van der Waals surface area (Å²) in [6.07, 6.45) is 1.33. The third kappa shape index (κ3) is 3.75. The number of anilines is 1. The van der Waals surface area contributed by atoms with Crippen molar-refractivity contribution < 1.29 is 12.8 Å². The van der Waals surface area contributed by atoms with Gasteiger partial charge in [-0.3, -0.25) is 0 Å². The number of hydrogen-bond acceptors (Lipinski definition) is 5. The highest BCUT2D eigenvalue weighted by Gasteiger charge is 2.19. The van der Waals surface area contributed by atoms with Crippen molar-refractivity contribution in [3.8, 4) is 0 Å². The van der Waals surface area contributed by atoms with Gasteiger partial charge in [-0.2, -0.15) is 0 Å². The molecule has 0 bridgehead atoms. The molecule has 1 aromatic heterocycles. The van der Waals surface area contributed by atoms with E-state index in [-0.39, 0.29) is 10.7 Å². The lowest BCUT2D eigenvalue weighted by Crippen LogP contribution is -2.27. The summed E-state index contributed by atoms with van der Waals surface area (Å²) in [6, 6.07) is 7.84. The van der Waals surface area contributed by atoms with Crippen LogP contribution >= 0.6 is 0 Å². The van der Waals surface area contributed by atoms with Crippen LogP contribution in [0.25, 0.3) is 0 Å². The van der Waals surface area contributed by atoms with Crippen molar-refractivity contribution >= 4 is 15.8 Å². The first-order valence-corrected chi connectivity index (χ1v) is 7.61. The van der Waals surface area contributed by atoms with Crippen LogP contribution in [0.3, 0.4) is 0 Å². The number of aromatic nitrogens is 1. The maximum absolute atomic E-state index is 13.2. The van der Waals surface area contributed by atoms with E-state index in [4.69, 9.17) is 5.84 Å². The van der Waals surface area contributed by atoms with Gasteiger partial charge in [0.05, 0.1) is 4.90 Å². The number of benzene rings is 1. The van der Waals surface area contributed by atoms with Crippen molar-refractivity contribution in [3.05, 3.63) is 54.0 Å². The third-order valence-electron chi connectivity index (χ3n) is 2.87. The number of nitrogens with one attached hydrogen (secondary N) is 2. The van der Waals surface area contributed by atoms with Gasteiger partial charge in [0, 0.05) is 18.3 Å². The molecular weight excluding hydrogens is 295 g/mol. The molecule has 21 heavy (non-hydrogen) atoms. The van der Waals surface area contributed by atoms with Crippen LogP contribution in [0.4, 0.5) is 10.2 Å². The zero-order valence-electron chi connectivity index (χ0n) is 11.2. The first kappa shape index (κ1) is 15.4. The Balaban J connectivity index is 2.24. The highest BCUT2D eigenvalue weighted by atomic mass is 32.2. The molecule has 0 aliphatic carbocycles. The van der Waals surface area contributed by atoms with Crippen molar-refractivity contribution in [2.45, 2.75) is 17.9 Å². The molecule has 1 heterocycles. The fourth-order valence-electron chi connectivity index (χ4n) is 1.80. The molecule has 4 N–H and O–H groups in total. The molecule has 1 unspecified atom stereocenters. The normalized spacial score (nSPS) is 12.9. The van der Waals surface area contributed by atoms with E-state index >= 15 is 0 Å². The van der Waals surface area contributed by atoms with Crippen molar-refractivity contribution in [2.24, 2.45) is 5.84 Å². The van der Waals surface area contributed by atoms with Crippen LogP contribution in [-0.4, -0.2) is 13.4 Å². The standard InChI is InChI=1S/C13H15FN4O2S/c1-9(10-3-2-4-11(14)7-10)18-21(19,20)12-5-6-16-13(8-12)17-15/h2-9,18H,15H2,1H3,(H,16,17). The zero-order chi connectivity index (χ0) is 15.5. The summed E-state index contributed by atoms with van der Waals surface area (Å²) in [7, 11) is -3.76. The predicted molar refractivity (Wildman–Crippen MR) is 77.2 cm³/mol. The number of nitrogen functional groups attached to an aromatic ring is 1. The topological polar surface area (TPSA) is 97.1 Å². The SMILES string of the molecule is CC(NS(=O)(=O)c1ccnc(NN)c1)c1cccc(F)c1. The molecule has 0 fully saturated rings. The van der Waals surface area contributed by atoms with E-state index in [2.05, 4.69) is 15.1 Å². The van der Waals surface area contributed by atoms with Crippen LogP contribution in [0.15, 0.2) is 47.5 Å². The third-order valence-corrected chi connectivity index (χ3v) is 4.41. The molecule has 8 heteroatoms. The summed E-state index contributed by atoms with van der Waals surface area (Å²) in [5.74, 6) is 5.01. The highest BCUT2D eigenvalue weighted by Crippen LogP contribution is 2.18. The minimum absolute atomic E-state index is 0.0219. The quantitative estimate of drug-likeness (QED) is 0.575. The molecule has 1 aromatic carbocycles. The van der Waals surface area contributed by atoms with Gasteiger partial charge < -0.3 is 5.43 Å². The summed E-state index contributed by atoms with van der Waals surface area (Å²) in [5.41, 5.74) is 2.81. The van der Waals surface area contributed by atoms with Crippen LogP contribution in [0.2, 0.25) is 0 Å². The average molecular weight is 310 g/mol. The number of sulfonamides is 1. The van der Waals surface area contributed by atoms with Crippen molar-refractivity contribution in [1.29, 1.82) is 0 Å². The van der Waals surface area contributed by atoms with Crippen molar-refractivity contribution in [2.75, 3.05) is 5.43 Å². The maximum atomic E-state index is 13.2. The molecule has 0 radical (unpaired) electrons. The second-order valence-electron chi connectivity index (χ2n) is 4.42. The molecule has 2 aromatic rings. The molecule has 2 rings (SSSR count). The number of nitrogens with two attached hydrogens (primary N) is 1. The molecule has 0 saturated carbocycles. The van der Waals surface area contributed by atoms with E-state index in [0.29, 0.717) is 5.56 Å². The molecule has 6 nitrogen and oxygen atoms in total. The van der Waals surface area contributed by atoms with E-state index < -0.39 is 21.9 Å². The number of hydrazine groups is 1. The molecule has 1 atom stereocenters. The Hall–Kier alpha value is -2.03. The van der Waals surface area contributed by atoms with Crippen LogP contribution in [0.1, 0.15) is 18.5 Å². The van der Waals surface area contributed by atoms with E-state index in [1.165, 1.54) is 36.5 Å². The lowest BCUT2D eigenvalue weighted by atomic mass is 10.1. The Labute approximate surface area is 122 Å². The Morgan fingerprint density at radius 1 is 1.29 bits per heavy atom. The van der Waals surface area contributed by atoms with Crippen LogP contribution in [-0.2, 0) is 10.0 Å². The van der Waals surface area contributed by atoms with Gasteiger partial charge in [0.1, 0.15) is 11.6 Å². The van der Waals surface area contributed by atoms with E-state index in [1.807, 2.05) is 0 Å². The highest BCUT2D eigenvalue weighted by molar-refractivity contribution is 7.89. The largest absolute Gasteiger partial charge is 0.308 e.